The van der Waals surface area contributed by atoms with E-state index in [0.29, 0.717) is 5.56 Å². The first-order valence-electron chi connectivity index (χ1n) is 8.76. The second kappa shape index (κ2) is 8.63. The highest BCUT2D eigenvalue weighted by Gasteiger charge is 2.20. The van der Waals surface area contributed by atoms with Gasteiger partial charge in [0.05, 0.1) is 4.90 Å². The van der Waals surface area contributed by atoms with Gasteiger partial charge in [0.2, 0.25) is 15.9 Å². The molecule has 0 aliphatic carbocycles. The van der Waals surface area contributed by atoms with Crippen LogP contribution < -0.4 is 9.62 Å². The highest BCUT2D eigenvalue weighted by Crippen LogP contribution is 2.27. The van der Waals surface area contributed by atoms with E-state index in [0.717, 1.165) is 17.3 Å². The molecular weight excluding hydrogens is 367 g/mol. The largest absolute Gasteiger partial charge is 0.311 e. The highest BCUT2D eigenvalue weighted by molar-refractivity contribution is 7.89. The van der Waals surface area contributed by atoms with Crippen molar-refractivity contribution >= 4 is 21.6 Å². The van der Waals surface area contributed by atoms with Gasteiger partial charge >= 0.3 is 0 Å². The molecule has 0 aromatic heterocycles. The molecule has 146 valence electrons. The van der Waals surface area contributed by atoms with Crippen LogP contribution in [0.15, 0.2) is 47.4 Å². The fourth-order valence-electron chi connectivity index (χ4n) is 2.95. The van der Waals surface area contributed by atoms with Crippen molar-refractivity contribution in [1.29, 1.82) is 0 Å². The molecular formula is C20H25FN2O3S. The third-order valence-electron chi connectivity index (χ3n) is 4.28. The maximum atomic E-state index is 13.2. The van der Waals surface area contributed by atoms with Gasteiger partial charge in [-0.25, -0.2) is 17.5 Å². The summed E-state index contributed by atoms with van der Waals surface area (Å²) in [5, 5.41) is 0. The van der Waals surface area contributed by atoms with Gasteiger partial charge in [-0.2, -0.15) is 0 Å². The van der Waals surface area contributed by atoms with Crippen LogP contribution in [0.3, 0.4) is 0 Å². The summed E-state index contributed by atoms with van der Waals surface area (Å²) in [5.74, 6) is -0.429. The van der Waals surface area contributed by atoms with Gasteiger partial charge in [0, 0.05) is 25.7 Å². The summed E-state index contributed by atoms with van der Waals surface area (Å²) in [5.41, 5.74) is 2.12. The van der Waals surface area contributed by atoms with E-state index in [-0.39, 0.29) is 29.8 Å². The number of sulfonamides is 1. The molecule has 5 nitrogen and oxygen atoms in total. The second-order valence-electron chi connectivity index (χ2n) is 6.69. The summed E-state index contributed by atoms with van der Waals surface area (Å²) in [6, 6.07) is 11.1. The Labute approximate surface area is 160 Å². The molecule has 7 heteroatoms. The van der Waals surface area contributed by atoms with Crippen molar-refractivity contribution in [2.24, 2.45) is 0 Å². The average molecular weight is 392 g/mol. The molecule has 0 atom stereocenters. The van der Waals surface area contributed by atoms with E-state index < -0.39 is 15.8 Å². The number of halogens is 1. The zero-order chi connectivity index (χ0) is 20.2. The van der Waals surface area contributed by atoms with Crippen molar-refractivity contribution in [2.75, 3.05) is 18.0 Å². The van der Waals surface area contributed by atoms with Crippen LogP contribution in [0, 0.1) is 12.7 Å². The number of nitrogens with zero attached hydrogens (tertiary/aromatic N) is 1. The number of para-hydroxylation sites is 1. The van der Waals surface area contributed by atoms with Crippen molar-refractivity contribution in [3.05, 3.63) is 59.4 Å². The Bertz CT molecular complexity index is 927. The van der Waals surface area contributed by atoms with Crippen LogP contribution in [0.4, 0.5) is 10.1 Å². The molecule has 2 rings (SSSR count). The lowest BCUT2D eigenvalue weighted by Crippen LogP contribution is -2.38. The maximum absolute atomic E-state index is 13.2. The highest BCUT2D eigenvalue weighted by atomic mass is 32.2. The van der Waals surface area contributed by atoms with Crippen LogP contribution in [0.2, 0.25) is 0 Å². The molecule has 0 saturated carbocycles. The topological polar surface area (TPSA) is 66.5 Å². The minimum atomic E-state index is -3.79. The van der Waals surface area contributed by atoms with Crippen molar-refractivity contribution in [3.8, 4) is 0 Å². The number of nitrogens with one attached hydrogen (secondary N) is 1. The predicted molar refractivity (Wildman–Crippen MR) is 105 cm³/mol. The Kier molecular flexibility index (Phi) is 6.73. The number of aryl methyl sites for hydroxylation is 1. The quantitative estimate of drug-likeness (QED) is 0.783. The number of hydrogen-bond donors (Lipinski definition) is 1. The molecule has 27 heavy (non-hydrogen) atoms. The Morgan fingerprint density at radius 2 is 1.85 bits per heavy atom. The van der Waals surface area contributed by atoms with E-state index in [1.165, 1.54) is 19.1 Å². The van der Waals surface area contributed by atoms with Crippen LogP contribution in [-0.4, -0.2) is 27.4 Å². The summed E-state index contributed by atoms with van der Waals surface area (Å²) < 4.78 is 40.7. The second-order valence-corrected chi connectivity index (χ2v) is 8.43. The molecule has 0 saturated heterocycles. The first-order valence-corrected chi connectivity index (χ1v) is 10.2. The van der Waals surface area contributed by atoms with Crippen LogP contribution in [0.1, 0.15) is 37.8 Å². The fourth-order valence-corrected chi connectivity index (χ4v) is 4.20. The van der Waals surface area contributed by atoms with Gasteiger partial charge in [-0.3, -0.25) is 4.79 Å². The molecule has 1 N–H and O–H groups in total. The van der Waals surface area contributed by atoms with Gasteiger partial charge in [0.15, 0.2) is 0 Å². The monoisotopic (exact) mass is 392 g/mol. The summed E-state index contributed by atoms with van der Waals surface area (Å²) in [6.07, 6.45) is 0. The number of hydrogen-bond acceptors (Lipinski definition) is 3. The average Bonchev–Trinajstić information content (AvgIpc) is 2.58. The molecule has 0 spiro atoms. The number of rotatable bonds is 7. The van der Waals surface area contributed by atoms with Gasteiger partial charge in [-0.05, 0) is 48.2 Å². The van der Waals surface area contributed by atoms with Gasteiger partial charge < -0.3 is 4.90 Å². The molecule has 2 aromatic rings. The Morgan fingerprint density at radius 1 is 1.19 bits per heavy atom. The summed E-state index contributed by atoms with van der Waals surface area (Å²) in [7, 11) is -3.79. The molecule has 0 fully saturated rings. The van der Waals surface area contributed by atoms with Crippen LogP contribution in [-0.2, 0) is 14.8 Å². The predicted octanol–water partition coefficient (Wildman–Crippen LogP) is 3.59. The van der Waals surface area contributed by atoms with Gasteiger partial charge in [-0.15, -0.1) is 0 Å². The molecule has 0 heterocycles. The minimum absolute atomic E-state index is 0.0286. The zero-order valence-corrected chi connectivity index (χ0v) is 16.8. The Hall–Kier alpha value is -2.25. The van der Waals surface area contributed by atoms with Crippen LogP contribution >= 0.6 is 0 Å². The van der Waals surface area contributed by atoms with Gasteiger partial charge in [0.25, 0.3) is 0 Å². The first kappa shape index (κ1) is 21.1. The first-order chi connectivity index (χ1) is 12.6. The van der Waals surface area contributed by atoms with Crippen molar-refractivity contribution in [1.82, 2.24) is 4.72 Å². The molecule has 0 unspecified atom stereocenters. The zero-order valence-electron chi connectivity index (χ0n) is 16.0. The minimum Gasteiger partial charge on any atom is -0.311 e. The van der Waals surface area contributed by atoms with E-state index in [1.807, 2.05) is 38.1 Å². The normalized spacial score (nSPS) is 11.6. The van der Waals surface area contributed by atoms with E-state index in [2.05, 4.69) is 4.72 Å². The molecule has 0 bridgehead atoms. The lowest BCUT2D eigenvalue weighted by Gasteiger charge is -2.25. The van der Waals surface area contributed by atoms with E-state index in [4.69, 9.17) is 0 Å². The van der Waals surface area contributed by atoms with E-state index in [1.54, 1.807) is 11.8 Å². The van der Waals surface area contributed by atoms with Gasteiger partial charge in [-0.1, -0.05) is 32.0 Å². The van der Waals surface area contributed by atoms with E-state index in [9.17, 15) is 17.6 Å². The smallest absolute Gasteiger partial charge is 0.240 e. The molecule has 0 aliphatic rings. The molecule has 2 aromatic carbocycles. The number of benzene rings is 2. The SMILES string of the molecule is CC(=O)N(CCNS(=O)(=O)c1ccc(F)cc1C)c1ccccc1C(C)C. The van der Waals surface area contributed by atoms with Crippen molar-refractivity contribution in [2.45, 2.75) is 38.5 Å². The number of anilines is 1. The van der Waals surface area contributed by atoms with Crippen molar-refractivity contribution < 1.29 is 17.6 Å². The number of carbonyl (C=O) groups is 1. The third-order valence-corrected chi connectivity index (χ3v) is 5.90. The summed E-state index contributed by atoms with van der Waals surface area (Å²) in [6.45, 7) is 7.31. The molecule has 0 aliphatic heterocycles. The third kappa shape index (κ3) is 5.14. The van der Waals surface area contributed by atoms with Crippen LogP contribution in [0.25, 0.3) is 0 Å². The molecule has 0 radical (unpaired) electrons. The van der Waals surface area contributed by atoms with Gasteiger partial charge in [0.1, 0.15) is 5.82 Å². The number of carbonyl (C=O) groups excluding carboxylic acids is 1. The van der Waals surface area contributed by atoms with Crippen LogP contribution in [0.5, 0.6) is 0 Å². The van der Waals surface area contributed by atoms with E-state index >= 15 is 0 Å². The van der Waals surface area contributed by atoms with Crippen molar-refractivity contribution in [3.63, 3.8) is 0 Å². The summed E-state index contributed by atoms with van der Waals surface area (Å²) in [4.78, 5) is 13.7. The Balaban J connectivity index is 2.17. The number of amides is 1. The molecule has 1 amide bonds. The lowest BCUT2D eigenvalue weighted by molar-refractivity contribution is -0.116. The standard InChI is InChI=1S/C20H25FN2O3S/c1-14(2)18-7-5-6-8-19(18)23(16(4)24)12-11-22-27(25,26)20-10-9-17(21)13-15(20)3/h5-10,13-14,22H,11-12H2,1-4H3. The summed E-state index contributed by atoms with van der Waals surface area (Å²) >= 11 is 0. The Morgan fingerprint density at radius 3 is 2.44 bits per heavy atom. The fraction of sp³-hybridized carbons (Fsp3) is 0.350. The lowest BCUT2D eigenvalue weighted by atomic mass is 10.0. The maximum Gasteiger partial charge on any atom is 0.240 e.